The minimum absolute atomic E-state index is 0.664. The molecule has 1 unspecified atom stereocenters. The molecule has 2 heteroatoms. The lowest BCUT2D eigenvalue weighted by Crippen LogP contribution is -2.72. The van der Waals surface area contributed by atoms with E-state index in [4.69, 9.17) is 0 Å². The van der Waals surface area contributed by atoms with Gasteiger partial charge in [0.15, 0.2) is 0 Å². The summed E-state index contributed by atoms with van der Waals surface area (Å²) in [5, 5.41) is 14.1. The third-order valence-corrected chi connectivity index (χ3v) is 11.2. The van der Waals surface area contributed by atoms with Crippen molar-refractivity contribution in [2.75, 3.05) is 0 Å². The van der Waals surface area contributed by atoms with Crippen LogP contribution < -0.4 is 10.4 Å². The summed E-state index contributed by atoms with van der Waals surface area (Å²) in [5.74, 6) is 0. The first-order chi connectivity index (χ1) is 13.6. The molecule has 0 spiro atoms. The average molecular weight is 387 g/mol. The minimum Gasteiger partial charge on any atom is -0.392 e. The van der Waals surface area contributed by atoms with Gasteiger partial charge in [-0.15, -0.1) is 6.58 Å². The summed E-state index contributed by atoms with van der Waals surface area (Å²) in [6.45, 7) is 6.20. The van der Waals surface area contributed by atoms with Gasteiger partial charge in [0, 0.05) is 0 Å². The third kappa shape index (κ3) is 4.19. The molecule has 28 heavy (non-hydrogen) atoms. The van der Waals surface area contributed by atoms with Crippen LogP contribution in [0.1, 0.15) is 24.8 Å². The zero-order chi connectivity index (χ0) is 19.9. The van der Waals surface area contributed by atoms with Gasteiger partial charge < -0.3 is 5.11 Å². The Labute approximate surface area is 170 Å². The highest BCUT2D eigenvalue weighted by molar-refractivity contribution is 7.03. The monoisotopic (exact) mass is 386 g/mol. The SMILES string of the molecule is C=CCCCC(O)(Cc1ccccc1)[Si](C)(c1ccccc1)c1ccccc1. The second-order valence-corrected chi connectivity index (χ2v) is 12.1. The van der Waals surface area contributed by atoms with Crippen molar-refractivity contribution in [1.29, 1.82) is 0 Å². The van der Waals surface area contributed by atoms with Gasteiger partial charge in [-0.05, 0) is 31.2 Å². The molecule has 0 aliphatic heterocycles. The molecule has 0 heterocycles. The van der Waals surface area contributed by atoms with E-state index in [0.29, 0.717) is 6.42 Å². The molecule has 3 aromatic carbocycles. The second-order valence-electron chi connectivity index (χ2n) is 7.73. The van der Waals surface area contributed by atoms with E-state index >= 15 is 0 Å². The fraction of sp³-hybridized carbons (Fsp3) is 0.231. The number of hydrogen-bond donors (Lipinski definition) is 1. The van der Waals surface area contributed by atoms with Crippen molar-refractivity contribution in [3.05, 3.63) is 109 Å². The van der Waals surface area contributed by atoms with Gasteiger partial charge in [-0.2, -0.15) is 0 Å². The summed E-state index contributed by atoms with van der Waals surface area (Å²) in [7, 11) is -2.47. The molecule has 0 fully saturated rings. The quantitative estimate of drug-likeness (QED) is 0.320. The van der Waals surface area contributed by atoms with Crippen LogP contribution in [0.25, 0.3) is 0 Å². The lowest BCUT2D eigenvalue weighted by molar-refractivity contribution is 0.106. The van der Waals surface area contributed by atoms with Crippen LogP contribution >= 0.6 is 0 Å². The second kappa shape index (κ2) is 9.18. The molecular formula is C26H30OSi. The van der Waals surface area contributed by atoms with Gasteiger partial charge in [0.2, 0.25) is 0 Å². The molecule has 0 aliphatic rings. The fourth-order valence-corrected chi connectivity index (χ4v) is 8.60. The van der Waals surface area contributed by atoms with Crippen molar-refractivity contribution in [3.8, 4) is 0 Å². The first-order valence-electron chi connectivity index (χ1n) is 10.1. The molecule has 144 valence electrons. The Kier molecular flexibility index (Phi) is 6.66. The molecule has 0 bridgehead atoms. The van der Waals surface area contributed by atoms with E-state index in [0.717, 1.165) is 19.3 Å². The number of aliphatic hydroxyl groups is 1. The predicted molar refractivity (Wildman–Crippen MR) is 123 cm³/mol. The highest BCUT2D eigenvalue weighted by Gasteiger charge is 2.50. The first kappa shape index (κ1) is 20.3. The lowest BCUT2D eigenvalue weighted by atomic mass is 10.0. The van der Waals surface area contributed by atoms with Crippen molar-refractivity contribution in [2.45, 2.75) is 37.5 Å². The van der Waals surface area contributed by atoms with E-state index in [1.54, 1.807) is 0 Å². The molecule has 1 nitrogen and oxygen atoms in total. The third-order valence-electron chi connectivity index (χ3n) is 5.97. The van der Waals surface area contributed by atoms with E-state index in [1.807, 2.05) is 12.1 Å². The minimum atomic E-state index is -2.47. The lowest BCUT2D eigenvalue weighted by Gasteiger charge is -2.45. The van der Waals surface area contributed by atoms with Crippen LogP contribution in [-0.2, 0) is 6.42 Å². The van der Waals surface area contributed by atoms with Crippen molar-refractivity contribution >= 4 is 18.4 Å². The van der Waals surface area contributed by atoms with E-state index in [9.17, 15) is 5.11 Å². The predicted octanol–water partition coefficient (Wildman–Crippen LogP) is 4.75. The van der Waals surface area contributed by atoms with Gasteiger partial charge in [-0.1, -0.05) is 114 Å². The van der Waals surface area contributed by atoms with Crippen LogP contribution in [0.5, 0.6) is 0 Å². The Balaban J connectivity index is 2.14. The van der Waals surface area contributed by atoms with E-state index < -0.39 is 13.3 Å². The topological polar surface area (TPSA) is 20.2 Å². The standard InChI is InChI=1S/C26H30OSi/c1-3-4-14-21-26(27,22-23-15-8-5-9-16-23)28(2,24-17-10-6-11-18-24)25-19-12-7-13-20-25/h3,5-13,15-20,27H,1,4,14,21-22H2,2H3. The highest BCUT2D eigenvalue weighted by Crippen LogP contribution is 2.31. The smallest absolute Gasteiger partial charge is 0.149 e. The molecule has 0 saturated heterocycles. The summed E-state index contributed by atoms with van der Waals surface area (Å²) in [6.07, 6.45) is 5.24. The molecule has 0 aromatic heterocycles. The fourth-order valence-electron chi connectivity index (χ4n) is 4.23. The zero-order valence-electron chi connectivity index (χ0n) is 16.7. The van der Waals surface area contributed by atoms with Gasteiger partial charge in [0.05, 0.1) is 5.22 Å². The average Bonchev–Trinajstić information content (AvgIpc) is 2.75. The summed E-state index contributed by atoms with van der Waals surface area (Å²) >= 11 is 0. The van der Waals surface area contributed by atoms with Gasteiger partial charge in [-0.25, -0.2) is 0 Å². The van der Waals surface area contributed by atoms with Crippen molar-refractivity contribution in [3.63, 3.8) is 0 Å². The molecule has 0 saturated carbocycles. The molecular weight excluding hydrogens is 356 g/mol. The van der Waals surface area contributed by atoms with Crippen LogP contribution in [0.15, 0.2) is 104 Å². The Morgan fingerprint density at radius 2 is 1.29 bits per heavy atom. The molecule has 0 radical (unpaired) electrons. The van der Waals surface area contributed by atoms with Crippen LogP contribution in [0, 0.1) is 0 Å². The largest absolute Gasteiger partial charge is 0.392 e. The summed E-state index contributed by atoms with van der Waals surface area (Å²) < 4.78 is 0. The molecule has 3 aromatic rings. The molecule has 3 rings (SSSR count). The highest BCUT2D eigenvalue weighted by atomic mass is 28.3. The summed E-state index contributed by atoms with van der Waals surface area (Å²) in [4.78, 5) is 0. The van der Waals surface area contributed by atoms with E-state index in [-0.39, 0.29) is 0 Å². The maximum atomic E-state index is 12.3. The van der Waals surface area contributed by atoms with Crippen molar-refractivity contribution in [1.82, 2.24) is 0 Å². The number of benzene rings is 3. The van der Waals surface area contributed by atoms with Crippen LogP contribution in [-0.4, -0.2) is 18.4 Å². The molecule has 0 amide bonds. The summed E-state index contributed by atoms with van der Waals surface area (Å²) in [6, 6.07) is 31.7. The van der Waals surface area contributed by atoms with Crippen molar-refractivity contribution in [2.24, 2.45) is 0 Å². The van der Waals surface area contributed by atoms with E-state index in [2.05, 4.69) is 98.1 Å². The van der Waals surface area contributed by atoms with E-state index in [1.165, 1.54) is 15.9 Å². The van der Waals surface area contributed by atoms with Crippen molar-refractivity contribution < 1.29 is 5.11 Å². The van der Waals surface area contributed by atoms with Gasteiger partial charge in [-0.3, -0.25) is 0 Å². The number of rotatable bonds is 9. The maximum Gasteiger partial charge on any atom is 0.149 e. The Morgan fingerprint density at radius 3 is 1.75 bits per heavy atom. The van der Waals surface area contributed by atoms with Gasteiger partial charge in [0.25, 0.3) is 0 Å². The number of hydrogen-bond acceptors (Lipinski definition) is 1. The molecule has 1 N–H and O–H groups in total. The van der Waals surface area contributed by atoms with Crippen LogP contribution in [0.4, 0.5) is 0 Å². The molecule has 0 aliphatic carbocycles. The molecule has 1 atom stereocenters. The van der Waals surface area contributed by atoms with Crippen LogP contribution in [0.2, 0.25) is 6.55 Å². The summed E-state index contributed by atoms with van der Waals surface area (Å²) in [5.41, 5.74) is 1.19. The Bertz CT molecular complexity index is 821. The maximum absolute atomic E-state index is 12.3. The zero-order valence-corrected chi connectivity index (χ0v) is 17.7. The number of unbranched alkanes of at least 4 members (excludes halogenated alkanes) is 1. The number of allylic oxidation sites excluding steroid dienone is 1. The van der Waals surface area contributed by atoms with Gasteiger partial charge >= 0.3 is 0 Å². The normalized spacial score (nSPS) is 13.6. The van der Waals surface area contributed by atoms with Crippen LogP contribution in [0.3, 0.4) is 0 Å². The first-order valence-corrected chi connectivity index (χ1v) is 12.6. The Hall–Kier alpha value is -2.42. The Morgan fingerprint density at radius 1 is 0.821 bits per heavy atom. The van der Waals surface area contributed by atoms with Gasteiger partial charge in [0.1, 0.15) is 8.07 Å².